The van der Waals surface area contributed by atoms with Crippen molar-refractivity contribution in [2.45, 2.75) is 68.0 Å². The number of carboxylic acid groups (broad SMARTS) is 1. The lowest BCUT2D eigenvalue weighted by atomic mass is 9.90. The second kappa shape index (κ2) is 14.4. The molecule has 3 rings (SSSR count). The van der Waals surface area contributed by atoms with E-state index in [0.717, 1.165) is 5.56 Å². The van der Waals surface area contributed by atoms with E-state index < -0.39 is 24.5 Å². The van der Waals surface area contributed by atoms with Crippen LogP contribution in [-0.2, 0) is 25.0 Å². The van der Waals surface area contributed by atoms with Gasteiger partial charge < -0.3 is 24.0 Å². The first-order valence-corrected chi connectivity index (χ1v) is 16.7. The normalized spacial score (nSPS) is 16.5. The van der Waals surface area contributed by atoms with Gasteiger partial charge in [0.05, 0.1) is 35.1 Å². The molecule has 2 aromatic rings. The van der Waals surface area contributed by atoms with Crippen LogP contribution < -0.4 is 0 Å². The molecule has 0 saturated carbocycles. The highest BCUT2D eigenvalue weighted by Crippen LogP contribution is 2.64. The van der Waals surface area contributed by atoms with Crippen molar-refractivity contribution >= 4 is 24.8 Å². The number of nitro benzene ring substituents is 1. The predicted octanol–water partition coefficient (Wildman–Crippen LogP) is 7.82. The summed E-state index contributed by atoms with van der Waals surface area (Å²) in [7, 11) is -2.20. The number of carboxylic acids is 1. The first kappa shape index (κ1) is 36.2. The maximum Gasteiger partial charge on any atom is 0.360 e. The molecule has 2 aromatic carbocycles. The van der Waals surface area contributed by atoms with Crippen LogP contribution >= 0.6 is 7.60 Å². The lowest BCUT2D eigenvalue weighted by Gasteiger charge is -2.42. The van der Waals surface area contributed by atoms with Gasteiger partial charge in [-0.3, -0.25) is 14.7 Å². The molecule has 0 radical (unpaired) electrons. The van der Waals surface area contributed by atoms with Crippen molar-refractivity contribution in [1.82, 2.24) is 9.80 Å². The van der Waals surface area contributed by atoms with Gasteiger partial charge >= 0.3 is 13.6 Å². The summed E-state index contributed by atoms with van der Waals surface area (Å²) in [6.07, 6.45) is 0. The highest BCUT2D eigenvalue weighted by atomic mass is 31.2. The molecule has 0 bridgehead atoms. The Hall–Kier alpha value is -3.30. The minimum absolute atomic E-state index is 0.0811. The molecule has 10 nitrogen and oxygen atoms in total. The fourth-order valence-electron chi connectivity index (χ4n) is 5.14. The van der Waals surface area contributed by atoms with Gasteiger partial charge in [-0.15, -0.1) is 0 Å². The van der Waals surface area contributed by atoms with Gasteiger partial charge in [0.15, 0.2) is 0 Å². The maximum atomic E-state index is 15.2. The van der Waals surface area contributed by atoms with Gasteiger partial charge in [0.1, 0.15) is 0 Å². The number of allylic oxidation sites excluding steroid dienone is 1. The summed E-state index contributed by atoms with van der Waals surface area (Å²) < 4.78 is 27.7. The number of benzene rings is 2. The molecule has 1 aliphatic heterocycles. The van der Waals surface area contributed by atoms with Crippen molar-refractivity contribution in [3.8, 4) is 0 Å². The average molecular weight is 642 g/mol. The lowest BCUT2D eigenvalue weighted by Crippen LogP contribution is -2.42. The van der Waals surface area contributed by atoms with E-state index in [1.165, 1.54) is 18.2 Å². The highest BCUT2D eigenvalue weighted by Gasteiger charge is 2.46. The van der Waals surface area contributed by atoms with Crippen LogP contribution in [0.3, 0.4) is 0 Å². The maximum absolute atomic E-state index is 15.2. The van der Waals surface area contributed by atoms with Crippen LogP contribution in [0.15, 0.2) is 71.2 Å². The topological polar surface area (TPSA) is 122 Å². The first-order chi connectivity index (χ1) is 20.8. The Morgan fingerprint density at radius 2 is 1.60 bits per heavy atom. The molecule has 0 spiro atoms. The Morgan fingerprint density at radius 3 is 2.11 bits per heavy atom. The van der Waals surface area contributed by atoms with Gasteiger partial charge in [-0.1, -0.05) is 84.0 Å². The summed E-state index contributed by atoms with van der Waals surface area (Å²) in [4.78, 5) is 28.4. The quantitative estimate of drug-likeness (QED) is 0.132. The number of aliphatic carboxylic acids is 1. The molecule has 0 fully saturated rings. The van der Waals surface area contributed by atoms with Crippen molar-refractivity contribution < 1.29 is 28.4 Å². The number of carbonyl (C=O) groups is 1. The first-order valence-electron chi connectivity index (χ1n) is 15.2. The summed E-state index contributed by atoms with van der Waals surface area (Å²) in [6, 6.07) is 15.2. The molecule has 1 atom stereocenters. The van der Waals surface area contributed by atoms with E-state index in [9.17, 15) is 20.0 Å². The number of nitro groups is 1. The number of hydrogen-bond donors (Lipinski definition) is 1. The molecule has 0 saturated heterocycles. The van der Waals surface area contributed by atoms with E-state index in [2.05, 4.69) is 17.0 Å². The third-order valence-electron chi connectivity index (χ3n) is 7.37. The zero-order chi connectivity index (χ0) is 33.7. The Bertz CT molecular complexity index is 1470. The van der Waals surface area contributed by atoms with Gasteiger partial charge in [-0.05, 0) is 42.9 Å². The Kier molecular flexibility index (Phi) is 11.6. The molecule has 246 valence electrons. The molecule has 0 amide bonds. The molecule has 1 N–H and O–H groups in total. The van der Waals surface area contributed by atoms with Gasteiger partial charge in [0.25, 0.3) is 5.69 Å². The summed E-state index contributed by atoms with van der Waals surface area (Å²) >= 11 is 0. The Labute approximate surface area is 267 Å². The molecule has 0 aromatic heterocycles. The van der Waals surface area contributed by atoms with Crippen molar-refractivity contribution in [2.75, 3.05) is 33.4 Å². The van der Waals surface area contributed by atoms with Crippen LogP contribution in [0, 0.1) is 20.9 Å². The molecular weight excluding hydrogens is 593 g/mol. The zero-order valence-electron chi connectivity index (χ0n) is 28.0. The lowest BCUT2D eigenvalue weighted by molar-refractivity contribution is -0.384. The third kappa shape index (κ3) is 9.60. The van der Waals surface area contributed by atoms with E-state index >= 15 is 4.57 Å². The van der Waals surface area contributed by atoms with Gasteiger partial charge in [-0.25, -0.2) is 4.79 Å². The molecule has 0 aliphatic carbocycles. The van der Waals surface area contributed by atoms with Crippen LogP contribution in [0.25, 0.3) is 5.57 Å². The molecule has 45 heavy (non-hydrogen) atoms. The summed E-state index contributed by atoms with van der Waals surface area (Å²) in [5, 5.41) is 22.6. The van der Waals surface area contributed by atoms with Crippen LogP contribution in [0.2, 0.25) is 0 Å². The van der Waals surface area contributed by atoms with E-state index in [0.29, 0.717) is 25.3 Å². The molecular formula is C34H48N3O7P. The number of likely N-dealkylation sites (N-methyl/N-ethyl adjacent to an activating group) is 1. The minimum Gasteiger partial charge on any atom is -0.478 e. The Balaban J connectivity index is 2.24. The zero-order valence-corrected chi connectivity index (χ0v) is 28.9. The van der Waals surface area contributed by atoms with Gasteiger partial charge in [-0.2, -0.15) is 0 Å². The summed E-state index contributed by atoms with van der Waals surface area (Å²) in [5.41, 5.74) is 0.951. The second-order valence-electron chi connectivity index (χ2n) is 14.1. The van der Waals surface area contributed by atoms with Crippen molar-refractivity contribution in [3.05, 3.63) is 92.4 Å². The largest absolute Gasteiger partial charge is 0.478 e. The van der Waals surface area contributed by atoms with Crippen molar-refractivity contribution in [3.63, 3.8) is 0 Å². The molecule has 1 heterocycles. The number of nitrogens with zero attached hydrogens (tertiary/aromatic N) is 3. The average Bonchev–Trinajstić information content (AvgIpc) is 2.94. The Morgan fingerprint density at radius 1 is 1.02 bits per heavy atom. The second-order valence-corrected chi connectivity index (χ2v) is 16.1. The fraction of sp³-hybridized carbons (Fsp3) is 0.500. The van der Waals surface area contributed by atoms with E-state index in [-0.39, 0.29) is 51.8 Å². The number of hydrogen-bond acceptors (Lipinski definition) is 8. The van der Waals surface area contributed by atoms with E-state index in [1.807, 2.05) is 78.6 Å². The molecule has 1 unspecified atom stereocenters. The predicted molar refractivity (Wildman–Crippen MR) is 178 cm³/mol. The summed E-state index contributed by atoms with van der Waals surface area (Å²) in [6.45, 7) is 17.1. The standard InChI is InChI=1S/C34H48N3O7P/c1-24-29(32(38)39)30(27-16-13-17-28(20-27)37(40)41)31(45(42,43-22-33(3,4)5)44-23-34(6,7)8)25(2)36(24)19-18-35(9)21-26-14-11-10-12-15-26/h10-17,20,25H,18-19,21-23H2,1-9H3,(H,38,39). The molecule has 11 heteroatoms. The van der Waals surface area contributed by atoms with Crippen LogP contribution in [0.5, 0.6) is 0 Å². The highest BCUT2D eigenvalue weighted by molar-refractivity contribution is 7.59. The number of rotatable bonds is 13. The SMILES string of the molecule is CC1=C(C(=O)O)C(c2cccc([N+](=O)[O-])c2)=C(P(=O)(OCC(C)(C)C)OCC(C)(C)C)C(C)N1CCN(C)Cc1ccccc1. The van der Waals surface area contributed by atoms with E-state index in [4.69, 9.17) is 9.05 Å². The van der Waals surface area contributed by atoms with Crippen LogP contribution in [0.1, 0.15) is 66.5 Å². The van der Waals surface area contributed by atoms with E-state index in [1.54, 1.807) is 13.0 Å². The van der Waals surface area contributed by atoms with Gasteiger partial charge in [0, 0.05) is 43.0 Å². The van der Waals surface area contributed by atoms with Crippen molar-refractivity contribution in [2.24, 2.45) is 10.8 Å². The summed E-state index contributed by atoms with van der Waals surface area (Å²) in [5.74, 6) is -1.24. The molecule has 1 aliphatic rings. The van der Waals surface area contributed by atoms with Crippen LogP contribution in [-0.4, -0.2) is 65.2 Å². The van der Waals surface area contributed by atoms with Gasteiger partial charge in [0.2, 0.25) is 0 Å². The van der Waals surface area contributed by atoms with Crippen LogP contribution in [0.4, 0.5) is 5.69 Å². The third-order valence-corrected chi connectivity index (χ3v) is 9.49. The fourth-order valence-corrected chi connectivity index (χ4v) is 7.72. The minimum atomic E-state index is -4.19. The smallest absolute Gasteiger partial charge is 0.360 e. The van der Waals surface area contributed by atoms with Crippen molar-refractivity contribution in [1.29, 1.82) is 0 Å². The monoisotopic (exact) mass is 641 g/mol. The number of non-ortho nitro benzene ring substituents is 1.